The van der Waals surface area contributed by atoms with E-state index in [1.54, 1.807) is 0 Å². The molecule has 4 heteroatoms. The van der Waals surface area contributed by atoms with Crippen molar-refractivity contribution in [3.8, 4) is 0 Å². The average molecular weight is 256 g/mol. The smallest absolute Gasteiger partial charge is 0.338 e. The SMILES string of the molecule is CCCCCCCOC(=O)c1ccc(F)c(F)c1. The molecule has 2 nitrogen and oxygen atoms in total. The fraction of sp³-hybridized carbons (Fsp3) is 0.500. The van der Waals surface area contributed by atoms with Crippen LogP contribution in [0.15, 0.2) is 18.2 Å². The first-order valence-electron chi connectivity index (χ1n) is 6.27. The average Bonchev–Trinajstić information content (AvgIpc) is 2.36. The van der Waals surface area contributed by atoms with E-state index in [0.717, 1.165) is 37.8 Å². The minimum absolute atomic E-state index is 0.0439. The van der Waals surface area contributed by atoms with E-state index in [9.17, 15) is 13.6 Å². The van der Waals surface area contributed by atoms with Gasteiger partial charge in [-0.25, -0.2) is 13.6 Å². The predicted molar refractivity (Wildman–Crippen MR) is 65.4 cm³/mol. The van der Waals surface area contributed by atoms with Gasteiger partial charge in [0.25, 0.3) is 0 Å². The quantitative estimate of drug-likeness (QED) is 0.542. The number of esters is 1. The van der Waals surface area contributed by atoms with Crippen molar-refractivity contribution in [2.24, 2.45) is 0 Å². The van der Waals surface area contributed by atoms with Gasteiger partial charge < -0.3 is 4.74 Å². The standard InChI is InChI=1S/C14H18F2O2/c1-2-3-4-5-6-9-18-14(17)11-7-8-12(15)13(16)10-11/h7-8,10H,2-6,9H2,1H3. The normalized spacial score (nSPS) is 10.4. The first kappa shape index (κ1) is 14.6. The summed E-state index contributed by atoms with van der Waals surface area (Å²) in [7, 11) is 0. The van der Waals surface area contributed by atoms with Crippen molar-refractivity contribution in [2.75, 3.05) is 6.61 Å². The molecule has 0 amide bonds. The second-order valence-electron chi connectivity index (χ2n) is 4.18. The summed E-state index contributed by atoms with van der Waals surface area (Å²) >= 11 is 0. The van der Waals surface area contributed by atoms with Crippen LogP contribution in [0.3, 0.4) is 0 Å². The van der Waals surface area contributed by atoms with Gasteiger partial charge in [-0.1, -0.05) is 32.6 Å². The molecule has 100 valence electrons. The number of hydrogen-bond donors (Lipinski definition) is 0. The van der Waals surface area contributed by atoms with E-state index in [-0.39, 0.29) is 5.56 Å². The molecule has 1 rings (SSSR count). The van der Waals surface area contributed by atoms with Crippen molar-refractivity contribution < 1.29 is 18.3 Å². The molecule has 0 aromatic heterocycles. The van der Waals surface area contributed by atoms with Crippen LogP contribution in [0.5, 0.6) is 0 Å². The van der Waals surface area contributed by atoms with E-state index in [4.69, 9.17) is 4.74 Å². The van der Waals surface area contributed by atoms with Gasteiger partial charge in [-0.2, -0.15) is 0 Å². The highest BCUT2D eigenvalue weighted by Crippen LogP contribution is 2.10. The van der Waals surface area contributed by atoms with E-state index in [0.29, 0.717) is 6.61 Å². The minimum Gasteiger partial charge on any atom is -0.462 e. The zero-order chi connectivity index (χ0) is 13.4. The summed E-state index contributed by atoms with van der Waals surface area (Å²) in [4.78, 5) is 11.5. The van der Waals surface area contributed by atoms with Crippen LogP contribution in [0.4, 0.5) is 8.78 Å². The van der Waals surface area contributed by atoms with Crippen LogP contribution in [0, 0.1) is 11.6 Å². The molecule has 1 aromatic carbocycles. The highest BCUT2D eigenvalue weighted by atomic mass is 19.2. The van der Waals surface area contributed by atoms with E-state index in [1.165, 1.54) is 12.5 Å². The molecule has 0 aliphatic rings. The fourth-order valence-corrected chi connectivity index (χ4v) is 1.58. The summed E-state index contributed by atoms with van der Waals surface area (Å²) in [6.45, 7) is 2.45. The van der Waals surface area contributed by atoms with Gasteiger partial charge in [-0.3, -0.25) is 0 Å². The lowest BCUT2D eigenvalue weighted by Gasteiger charge is -2.05. The first-order valence-corrected chi connectivity index (χ1v) is 6.27. The zero-order valence-electron chi connectivity index (χ0n) is 10.5. The van der Waals surface area contributed by atoms with Crippen molar-refractivity contribution in [2.45, 2.75) is 39.0 Å². The maximum Gasteiger partial charge on any atom is 0.338 e. The number of benzene rings is 1. The first-order chi connectivity index (χ1) is 8.65. The van der Waals surface area contributed by atoms with Crippen molar-refractivity contribution in [3.63, 3.8) is 0 Å². The largest absolute Gasteiger partial charge is 0.462 e. The monoisotopic (exact) mass is 256 g/mol. The van der Waals surface area contributed by atoms with Gasteiger partial charge in [0, 0.05) is 0 Å². The molecular weight excluding hydrogens is 238 g/mol. The molecule has 0 unspecified atom stereocenters. The van der Waals surface area contributed by atoms with Crippen molar-refractivity contribution in [1.29, 1.82) is 0 Å². The maximum atomic E-state index is 12.9. The topological polar surface area (TPSA) is 26.3 Å². The van der Waals surface area contributed by atoms with Crippen LogP contribution in [-0.2, 0) is 4.74 Å². The van der Waals surface area contributed by atoms with E-state index < -0.39 is 17.6 Å². The molecule has 0 saturated heterocycles. The Morgan fingerprint density at radius 2 is 1.83 bits per heavy atom. The third kappa shape index (κ3) is 4.82. The number of ether oxygens (including phenoxy) is 1. The van der Waals surface area contributed by atoms with Crippen molar-refractivity contribution >= 4 is 5.97 Å². The Labute approximate surface area is 106 Å². The van der Waals surface area contributed by atoms with Gasteiger partial charge in [0.05, 0.1) is 12.2 Å². The van der Waals surface area contributed by atoms with E-state index in [1.807, 2.05) is 0 Å². The molecule has 0 saturated carbocycles. The lowest BCUT2D eigenvalue weighted by molar-refractivity contribution is 0.0497. The second-order valence-corrected chi connectivity index (χ2v) is 4.18. The minimum atomic E-state index is -1.03. The van der Waals surface area contributed by atoms with E-state index in [2.05, 4.69) is 6.92 Å². The fourth-order valence-electron chi connectivity index (χ4n) is 1.58. The second kappa shape index (κ2) is 7.80. The van der Waals surface area contributed by atoms with Crippen molar-refractivity contribution in [1.82, 2.24) is 0 Å². The predicted octanol–water partition coefficient (Wildman–Crippen LogP) is 4.09. The Hall–Kier alpha value is -1.45. The Morgan fingerprint density at radius 1 is 1.11 bits per heavy atom. The molecule has 0 aliphatic heterocycles. The lowest BCUT2D eigenvalue weighted by atomic mass is 10.2. The summed E-state index contributed by atoms with van der Waals surface area (Å²) in [6.07, 6.45) is 5.28. The molecule has 0 aliphatic carbocycles. The number of halogens is 2. The summed E-state index contributed by atoms with van der Waals surface area (Å²) < 4.78 is 30.5. The Balaban J connectivity index is 2.30. The Kier molecular flexibility index (Phi) is 6.33. The summed E-state index contributed by atoms with van der Waals surface area (Å²) in [5.41, 5.74) is 0.0439. The summed E-state index contributed by atoms with van der Waals surface area (Å²) in [5.74, 6) is -2.61. The molecular formula is C14H18F2O2. The number of carbonyl (C=O) groups excluding carboxylic acids is 1. The molecule has 0 atom stereocenters. The highest BCUT2D eigenvalue weighted by Gasteiger charge is 2.10. The van der Waals surface area contributed by atoms with Gasteiger partial charge >= 0.3 is 5.97 Å². The number of rotatable bonds is 7. The Morgan fingerprint density at radius 3 is 2.50 bits per heavy atom. The zero-order valence-corrected chi connectivity index (χ0v) is 10.5. The van der Waals surface area contributed by atoms with Gasteiger partial charge in [-0.15, -0.1) is 0 Å². The summed E-state index contributed by atoms with van der Waals surface area (Å²) in [6, 6.07) is 3.00. The molecule has 1 aromatic rings. The molecule has 0 heterocycles. The third-order valence-electron chi connectivity index (χ3n) is 2.64. The molecule has 0 N–H and O–H groups in total. The third-order valence-corrected chi connectivity index (χ3v) is 2.64. The Bertz CT molecular complexity index is 391. The van der Waals surface area contributed by atoms with Crippen molar-refractivity contribution in [3.05, 3.63) is 35.4 Å². The molecule has 18 heavy (non-hydrogen) atoms. The highest BCUT2D eigenvalue weighted by molar-refractivity contribution is 5.89. The maximum absolute atomic E-state index is 12.9. The number of hydrogen-bond acceptors (Lipinski definition) is 2. The lowest BCUT2D eigenvalue weighted by Crippen LogP contribution is -2.07. The van der Waals surface area contributed by atoms with Crippen LogP contribution in [0.25, 0.3) is 0 Å². The van der Waals surface area contributed by atoms with E-state index >= 15 is 0 Å². The summed E-state index contributed by atoms with van der Waals surface area (Å²) in [5, 5.41) is 0. The molecule has 0 fully saturated rings. The molecule has 0 radical (unpaired) electrons. The van der Waals surface area contributed by atoms with Crippen LogP contribution < -0.4 is 0 Å². The van der Waals surface area contributed by atoms with Crippen LogP contribution in [-0.4, -0.2) is 12.6 Å². The molecule has 0 spiro atoms. The van der Waals surface area contributed by atoms with Gasteiger partial charge in [-0.05, 0) is 24.6 Å². The van der Waals surface area contributed by atoms with Crippen LogP contribution >= 0.6 is 0 Å². The number of unbranched alkanes of at least 4 members (excludes halogenated alkanes) is 4. The molecule has 0 bridgehead atoms. The van der Waals surface area contributed by atoms with Gasteiger partial charge in [0.2, 0.25) is 0 Å². The van der Waals surface area contributed by atoms with Crippen LogP contribution in [0.2, 0.25) is 0 Å². The van der Waals surface area contributed by atoms with Gasteiger partial charge in [0.15, 0.2) is 11.6 Å². The number of carbonyl (C=O) groups is 1. The van der Waals surface area contributed by atoms with Gasteiger partial charge in [0.1, 0.15) is 0 Å². The van der Waals surface area contributed by atoms with Crippen LogP contribution in [0.1, 0.15) is 49.4 Å².